The quantitative estimate of drug-likeness (QED) is 0.757. The van der Waals surface area contributed by atoms with Crippen LogP contribution in [0, 0.1) is 6.92 Å². The average Bonchev–Trinajstić information content (AvgIpc) is 2.65. The number of carbonyl (C=O) groups excluding carboxylic acids is 1. The van der Waals surface area contributed by atoms with Gasteiger partial charge in [0.2, 0.25) is 15.9 Å². The van der Waals surface area contributed by atoms with Crippen LogP contribution in [-0.4, -0.2) is 32.7 Å². The number of ether oxygens (including phenoxy) is 1. The largest absolute Gasteiger partial charge is 0.487 e. The van der Waals surface area contributed by atoms with E-state index in [4.69, 9.17) is 4.74 Å². The zero-order chi connectivity index (χ0) is 22.1. The summed E-state index contributed by atoms with van der Waals surface area (Å²) < 4.78 is 32.2. The van der Waals surface area contributed by atoms with E-state index < -0.39 is 15.6 Å². The molecule has 0 radical (unpaired) electrons. The van der Waals surface area contributed by atoms with Gasteiger partial charge in [-0.1, -0.05) is 42.8 Å². The molecule has 1 aliphatic rings. The molecule has 0 aromatic heterocycles. The predicted molar refractivity (Wildman–Crippen MR) is 119 cm³/mol. The van der Waals surface area contributed by atoms with Crippen molar-refractivity contribution in [3.8, 4) is 5.75 Å². The summed E-state index contributed by atoms with van der Waals surface area (Å²) in [6.07, 6.45) is 2.40. The number of sulfonamides is 1. The zero-order valence-electron chi connectivity index (χ0n) is 18.2. The normalized spacial score (nSPS) is 17.6. The second kappa shape index (κ2) is 8.30. The summed E-state index contributed by atoms with van der Waals surface area (Å²) in [7, 11) is -3.63. The fourth-order valence-electron chi connectivity index (χ4n) is 3.91. The lowest BCUT2D eigenvalue weighted by molar-refractivity contribution is -0.120. The first kappa shape index (κ1) is 22.2. The molecule has 1 atom stereocenters. The molecule has 1 amide bonds. The molecule has 3 rings (SSSR count). The van der Waals surface area contributed by atoms with Crippen LogP contribution in [-0.2, 0) is 21.2 Å². The first-order valence-electron chi connectivity index (χ1n) is 10.1. The Bertz CT molecular complexity index is 1050. The lowest BCUT2D eigenvalue weighted by Gasteiger charge is -2.38. The van der Waals surface area contributed by atoms with Gasteiger partial charge in [0.25, 0.3) is 0 Å². The molecule has 0 saturated carbocycles. The fourth-order valence-corrected chi connectivity index (χ4v) is 4.79. The molecule has 30 heavy (non-hydrogen) atoms. The Kier molecular flexibility index (Phi) is 6.13. The number of rotatable bonds is 6. The number of aryl methyl sites for hydroxylation is 2. The van der Waals surface area contributed by atoms with Crippen LogP contribution in [0.3, 0.4) is 0 Å². The van der Waals surface area contributed by atoms with Crippen molar-refractivity contribution >= 4 is 21.6 Å². The number of nitrogens with zero attached hydrogens (tertiary/aromatic N) is 1. The summed E-state index contributed by atoms with van der Waals surface area (Å²) in [5.74, 6) is 0.403. The van der Waals surface area contributed by atoms with Gasteiger partial charge >= 0.3 is 0 Å². The molecule has 162 valence electrons. The Morgan fingerprint density at radius 3 is 2.60 bits per heavy atom. The number of hydrogen-bond donors (Lipinski definition) is 1. The molecule has 1 aliphatic heterocycles. The van der Waals surface area contributed by atoms with Crippen molar-refractivity contribution in [2.24, 2.45) is 0 Å². The van der Waals surface area contributed by atoms with Gasteiger partial charge in [0.15, 0.2) is 0 Å². The van der Waals surface area contributed by atoms with Gasteiger partial charge in [0, 0.05) is 12.0 Å². The third-order valence-corrected chi connectivity index (χ3v) is 6.41. The molecular weight excluding hydrogens is 400 g/mol. The van der Waals surface area contributed by atoms with E-state index in [1.807, 2.05) is 58.0 Å². The minimum Gasteiger partial charge on any atom is -0.487 e. The van der Waals surface area contributed by atoms with E-state index >= 15 is 0 Å². The molecule has 0 fully saturated rings. The van der Waals surface area contributed by atoms with Crippen LogP contribution in [0.1, 0.15) is 49.9 Å². The zero-order valence-corrected chi connectivity index (χ0v) is 19.0. The smallest absolute Gasteiger partial charge is 0.241 e. The van der Waals surface area contributed by atoms with E-state index in [1.165, 1.54) is 4.31 Å². The van der Waals surface area contributed by atoms with Crippen LogP contribution in [0.5, 0.6) is 5.75 Å². The van der Waals surface area contributed by atoms with Crippen molar-refractivity contribution in [1.82, 2.24) is 5.32 Å². The lowest BCUT2D eigenvalue weighted by atomic mass is 9.89. The van der Waals surface area contributed by atoms with E-state index in [2.05, 4.69) is 5.32 Å². The molecule has 1 heterocycles. The number of nitrogens with one attached hydrogen (secondary N) is 1. The molecule has 0 spiro atoms. The van der Waals surface area contributed by atoms with Crippen LogP contribution < -0.4 is 14.4 Å². The molecule has 0 aliphatic carbocycles. The van der Waals surface area contributed by atoms with Crippen LogP contribution in [0.25, 0.3) is 0 Å². The van der Waals surface area contributed by atoms with Gasteiger partial charge in [-0.25, -0.2) is 8.42 Å². The fraction of sp³-hybridized carbons (Fsp3) is 0.435. The van der Waals surface area contributed by atoms with Crippen molar-refractivity contribution in [2.45, 2.75) is 52.2 Å². The number of benzene rings is 2. The molecule has 0 saturated heterocycles. The number of para-hydroxylation sites is 1. The van der Waals surface area contributed by atoms with E-state index in [9.17, 15) is 13.2 Å². The molecule has 7 heteroatoms. The maximum atomic E-state index is 13.0. The second-order valence-electron chi connectivity index (χ2n) is 8.48. The monoisotopic (exact) mass is 430 g/mol. The Hall–Kier alpha value is -2.54. The first-order valence-corrected chi connectivity index (χ1v) is 12.0. The Morgan fingerprint density at radius 2 is 1.93 bits per heavy atom. The van der Waals surface area contributed by atoms with E-state index in [0.717, 1.165) is 28.7 Å². The minimum atomic E-state index is -3.63. The Labute approximate surface area is 179 Å². The number of fused-ring (bicyclic) bond motifs is 1. The molecule has 6 nitrogen and oxygen atoms in total. The molecule has 0 bridgehead atoms. The maximum Gasteiger partial charge on any atom is 0.241 e. The van der Waals surface area contributed by atoms with Crippen molar-refractivity contribution in [2.75, 3.05) is 17.1 Å². The third kappa shape index (κ3) is 4.95. The van der Waals surface area contributed by atoms with Gasteiger partial charge in [0.1, 0.15) is 17.9 Å². The molecule has 2 aromatic rings. The number of carbonyl (C=O) groups is 1. The summed E-state index contributed by atoms with van der Waals surface area (Å²) in [5.41, 5.74) is 2.98. The molecular formula is C23H30N2O4S. The predicted octanol–water partition coefficient (Wildman–Crippen LogP) is 3.74. The second-order valence-corrected chi connectivity index (χ2v) is 10.4. The van der Waals surface area contributed by atoms with E-state index in [1.54, 1.807) is 12.1 Å². The maximum absolute atomic E-state index is 13.0. The van der Waals surface area contributed by atoms with Crippen molar-refractivity contribution in [3.63, 3.8) is 0 Å². The van der Waals surface area contributed by atoms with Crippen LogP contribution in [0.15, 0.2) is 42.5 Å². The van der Waals surface area contributed by atoms with Gasteiger partial charge < -0.3 is 10.1 Å². The van der Waals surface area contributed by atoms with Gasteiger partial charge in [-0.3, -0.25) is 9.10 Å². The van der Waals surface area contributed by atoms with Gasteiger partial charge in [0.05, 0.1) is 18.0 Å². The highest BCUT2D eigenvalue weighted by Crippen LogP contribution is 2.39. The van der Waals surface area contributed by atoms with E-state index in [-0.39, 0.29) is 18.5 Å². The highest BCUT2D eigenvalue weighted by atomic mass is 32.2. The first-order chi connectivity index (χ1) is 14.0. The van der Waals surface area contributed by atoms with Crippen LogP contribution >= 0.6 is 0 Å². The highest BCUT2D eigenvalue weighted by molar-refractivity contribution is 7.92. The summed E-state index contributed by atoms with van der Waals surface area (Å²) in [6.45, 7) is 7.65. The molecule has 2 aromatic carbocycles. The lowest BCUT2D eigenvalue weighted by Crippen LogP contribution is -2.45. The molecule has 1 N–H and O–H groups in total. The SMILES string of the molecule is CCc1ccccc1N(CC(=O)N[C@H]1CC(C)(C)Oc2ccc(C)cc21)S(C)(=O)=O. The van der Waals surface area contributed by atoms with Gasteiger partial charge in [-0.2, -0.15) is 0 Å². The van der Waals surface area contributed by atoms with Crippen molar-refractivity contribution in [3.05, 3.63) is 59.2 Å². The summed E-state index contributed by atoms with van der Waals surface area (Å²) >= 11 is 0. The topological polar surface area (TPSA) is 75.7 Å². The van der Waals surface area contributed by atoms with Crippen LogP contribution in [0.4, 0.5) is 5.69 Å². The minimum absolute atomic E-state index is 0.251. The summed E-state index contributed by atoms with van der Waals surface area (Å²) in [5, 5.41) is 3.04. The number of hydrogen-bond acceptors (Lipinski definition) is 4. The van der Waals surface area contributed by atoms with Crippen molar-refractivity contribution < 1.29 is 17.9 Å². The summed E-state index contributed by atoms with van der Waals surface area (Å²) in [4.78, 5) is 13.0. The number of amides is 1. The third-order valence-electron chi connectivity index (χ3n) is 5.29. The Balaban J connectivity index is 1.87. The molecule has 0 unspecified atom stereocenters. The van der Waals surface area contributed by atoms with E-state index in [0.29, 0.717) is 18.5 Å². The van der Waals surface area contributed by atoms with Crippen molar-refractivity contribution in [1.29, 1.82) is 0 Å². The van der Waals surface area contributed by atoms with Gasteiger partial charge in [-0.15, -0.1) is 0 Å². The standard InChI is InChI=1S/C23H30N2O4S/c1-6-17-9-7-8-10-20(17)25(30(5,27)28)15-22(26)24-19-14-23(3,4)29-21-12-11-16(2)13-18(19)21/h7-13,19H,6,14-15H2,1-5H3,(H,24,26)/t19-/m0/s1. The number of anilines is 1. The van der Waals surface area contributed by atoms with Crippen LogP contribution in [0.2, 0.25) is 0 Å². The highest BCUT2D eigenvalue weighted by Gasteiger charge is 2.35. The Morgan fingerprint density at radius 1 is 1.23 bits per heavy atom. The van der Waals surface area contributed by atoms with Gasteiger partial charge in [-0.05, 0) is 44.9 Å². The average molecular weight is 431 g/mol. The summed E-state index contributed by atoms with van der Waals surface area (Å²) in [6, 6.07) is 12.9.